The average molecular weight is 412 g/mol. The lowest BCUT2D eigenvalue weighted by Gasteiger charge is -2.17. The number of rotatable bonds is 3. The van der Waals surface area contributed by atoms with Crippen LogP contribution in [0.5, 0.6) is 0 Å². The molecule has 0 fully saturated rings. The van der Waals surface area contributed by atoms with Crippen LogP contribution in [-0.4, -0.2) is 34.7 Å². The van der Waals surface area contributed by atoms with Gasteiger partial charge in [0.2, 0.25) is 0 Å². The number of amides is 4. The van der Waals surface area contributed by atoms with Crippen molar-refractivity contribution in [1.29, 1.82) is 0 Å². The molecule has 3 aromatic rings. The number of hydrogen-bond acceptors (Lipinski definition) is 5. The van der Waals surface area contributed by atoms with Gasteiger partial charge in [0, 0.05) is 0 Å². The number of carboxylic acids is 1. The third-order valence-electron chi connectivity index (χ3n) is 5.28. The zero-order valence-corrected chi connectivity index (χ0v) is 15.7. The number of aromatic carboxylic acids is 1. The number of carbonyl (C=O) groups is 5. The highest BCUT2D eigenvalue weighted by Crippen LogP contribution is 2.38. The van der Waals surface area contributed by atoms with Crippen LogP contribution in [0.4, 0.5) is 11.4 Å². The number of anilines is 2. The standard InChI is InChI=1S/C23H12N2O6/c26-19-14-10-9-12(23(30)31)11-16(14)21(28)25(19)17-8-4-7-15-18(17)22(29)24(20(15)27)13-5-2-1-3-6-13/h1-11H,(H,30,31). The van der Waals surface area contributed by atoms with E-state index in [1.807, 2.05) is 0 Å². The fourth-order valence-corrected chi connectivity index (χ4v) is 3.86. The SMILES string of the molecule is O=C(O)c1ccc2c(c1)C(=O)N(c1cccc3c1C(=O)N(c1ccccc1)C3=O)C2=O. The molecule has 0 bridgehead atoms. The van der Waals surface area contributed by atoms with Crippen LogP contribution in [0.3, 0.4) is 0 Å². The molecule has 2 aliphatic heterocycles. The normalized spacial score (nSPS) is 14.8. The lowest BCUT2D eigenvalue weighted by Crippen LogP contribution is -2.32. The fourth-order valence-electron chi connectivity index (χ4n) is 3.86. The zero-order valence-electron chi connectivity index (χ0n) is 15.7. The summed E-state index contributed by atoms with van der Waals surface area (Å²) >= 11 is 0. The molecule has 2 heterocycles. The van der Waals surface area contributed by atoms with E-state index in [-0.39, 0.29) is 33.5 Å². The second-order valence-electron chi connectivity index (χ2n) is 6.99. The Labute approximate surface area is 174 Å². The van der Waals surface area contributed by atoms with Crippen molar-refractivity contribution in [2.24, 2.45) is 0 Å². The summed E-state index contributed by atoms with van der Waals surface area (Å²) in [5.74, 6) is -3.89. The highest BCUT2D eigenvalue weighted by atomic mass is 16.4. The molecule has 4 amide bonds. The largest absolute Gasteiger partial charge is 0.478 e. The van der Waals surface area contributed by atoms with Crippen molar-refractivity contribution in [3.05, 3.63) is 94.5 Å². The van der Waals surface area contributed by atoms with E-state index in [0.717, 1.165) is 15.9 Å². The van der Waals surface area contributed by atoms with E-state index >= 15 is 0 Å². The zero-order chi connectivity index (χ0) is 21.9. The molecular weight excluding hydrogens is 400 g/mol. The molecule has 1 N–H and O–H groups in total. The predicted molar refractivity (Wildman–Crippen MR) is 109 cm³/mol. The van der Waals surface area contributed by atoms with Crippen LogP contribution >= 0.6 is 0 Å². The van der Waals surface area contributed by atoms with Gasteiger partial charge >= 0.3 is 5.97 Å². The lowest BCUT2D eigenvalue weighted by atomic mass is 10.1. The maximum absolute atomic E-state index is 13.2. The first-order chi connectivity index (χ1) is 14.9. The molecule has 8 nitrogen and oxygen atoms in total. The van der Waals surface area contributed by atoms with E-state index in [0.29, 0.717) is 5.69 Å². The van der Waals surface area contributed by atoms with Crippen LogP contribution < -0.4 is 9.80 Å². The van der Waals surface area contributed by atoms with Crippen molar-refractivity contribution < 1.29 is 29.1 Å². The Morgan fingerprint density at radius 2 is 1.32 bits per heavy atom. The minimum atomic E-state index is -1.23. The van der Waals surface area contributed by atoms with E-state index in [9.17, 15) is 29.1 Å². The third-order valence-corrected chi connectivity index (χ3v) is 5.28. The van der Waals surface area contributed by atoms with E-state index < -0.39 is 29.6 Å². The number of carbonyl (C=O) groups excluding carboxylic acids is 4. The molecule has 2 aliphatic rings. The van der Waals surface area contributed by atoms with Gasteiger partial charge in [0.05, 0.1) is 39.2 Å². The molecule has 31 heavy (non-hydrogen) atoms. The molecule has 0 radical (unpaired) electrons. The second kappa shape index (κ2) is 6.46. The van der Waals surface area contributed by atoms with E-state index in [4.69, 9.17) is 0 Å². The van der Waals surface area contributed by atoms with Gasteiger partial charge in [-0.15, -0.1) is 0 Å². The molecule has 3 aromatic carbocycles. The van der Waals surface area contributed by atoms with Gasteiger partial charge in [-0.1, -0.05) is 24.3 Å². The Morgan fingerprint density at radius 1 is 0.645 bits per heavy atom. The summed E-state index contributed by atoms with van der Waals surface area (Å²) in [5, 5.41) is 9.18. The molecule has 0 saturated heterocycles. The maximum Gasteiger partial charge on any atom is 0.335 e. The van der Waals surface area contributed by atoms with Crippen LogP contribution in [0.2, 0.25) is 0 Å². The number of hydrogen-bond donors (Lipinski definition) is 1. The Hall–Kier alpha value is -4.59. The van der Waals surface area contributed by atoms with Crippen molar-refractivity contribution in [2.75, 3.05) is 9.80 Å². The van der Waals surface area contributed by atoms with Crippen LogP contribution in [0.15, 0.2) is 66.7 Å². The van der Waals surface area contributed by atoms with Gasteiger partial charge < -0.3 is 5.11 Å². The summed E-state index contributed by atoms with van der Waals surface area (Å²) in [7, 11) is 0. The summed E-state index contributed by atoms with van der Waals surface area (Å²) in [6.45, 7) is 0. The maximum atomic E-state index is 13.2. The Kier molecular flexibility index (Phi) is 3.84. The van der Waals surface area contributed by atoms with Gasteiger partial charge in [0.1, 0.15) is 0 Å². The first-order valence-electron chi connectivity index (χ1n) is 9.23. The van der Waals surface area contributed by atoms with Crippen LogP contribution in [0.25, 0.3) is 0 Å². The number of para-hydroxylation sites is 1. The highest BCUT2D eigenvalue weighted by Gasteiger charge is 2.44. The van der Waals surface area contributed by atoms with Crippen LogP contribution in [-0.2, 0) is 0 Å². The number of imide groups is 2. The number of nitrogens with zero attached hydrogens (tertiary/aromatic N) is 2. The van der Waals surface area contributed by atoms with Gasteiger partial charge in [-0.2, -0.15) is 0 Å². The smallest absolute Gasteiger partial charge is 0.335 e. The Morgan fingerprint density at radius 3 is 2.03 bits per heavy atom. The molecule has 150 valence electrons. The summed E-state index contributed by atoms with van der Waals surface area (Å²) < 4.78 is 0. The summed E-state index contributed by atoms with van der Waals surface area (Å²) in [5.41, 5.74) is 0.203. The lowest BCUT2D eigenvalue weighted by molar-refractivity contribution is 0.0695. The Bertz CT molecular complexity index is 1350. The van der Waals surface area contributed by atoms with Crippen LogP contribution in [0, 0.1) is 0 Å². The summed E-state index contributed by atoms with van der Waals surface area (Å²) in [6, 6.07) is 16.3. The third kappa shape index (κ3) is 2.52. The van der Waals surface area contributed by atoms with Gasteiger partial charge in [-0.05, 0) is 42.5 Å². The van der Waals surface area contributed by atoms with Gasteiger partial charge in [0.25, 0.3) is 23.6 Å². The molecule has 0 atom stereocenters. The topological polar surface area (TPSA) is 112 Å². The first kappa shape index (κ1) is 18.4. The molecule has 8 heteroatoms. The molecule has 5 rings (SSSR count). The van der Waals surface area contributed by atoms with Gasteiger partial charge in [-0.3, -0.25) is 19.2 Å². The Balaban J connectivity index is 1.63. The summed E-state index contributed by atoms with van der Waals surface area (Å²) in [6.07, 6.45) is 0. The van der Waals surface area contributed by atoms with Gasteiger partial charge in [0.15, 0.2) is 0 Å². The predicted octanol–water partition coefficient (Wildman–Crippen LogP) is 2.99. The summed E-state index contributed by atoms with van der Waals surface area (Å²) in [4.78, 5) is 65.2. The van der Waals surface area contributed by atoms with E-state index in [1.54, 1.807) is 30.3 Å². The number of fused-ring (bicyclic) bond motifs is 2. The van der Waals surface area contributed by atoms with Crippen molar-refractivity contribution in [3.63, 3.8) is 0 Å². The van der Waals surface area contributed by atoms with E-state index in [1.165, 1.54) is 30.3 Å². The quantitative estimate of drug-likeness (QED) is 0.662. The van der Waals surface area contributed by atoms with Crippen LogP contribution in [0.1, 0.15) is 51.8 Å². The van der Waals surface area contributed by atoms with Crippen molar-refractivity contribution >= 4 is 41.0 Å². The average Bonchev–Trinajstić information content (AvgIpc) is 3.18. The van der Waals surface area contributed by atoms with E-state index in [2.05, 4.69) is 0 Å². The molecular formula is C23H12N2O6. The first-order valence-corrected chi connectivity index (χ1v) is 9.23. The molecule has 0 aliphatic carbocycles. The second-order valence-corrected chi connectivity index (χ2v) is 6.99. The molecule has 0 aromatic heterocycles. The van der Waals surface area contributed by atoms with Crippen molar-refractivity contribution in [3.8, 4) is 0 Å². The molecule has 0 saturated carbocycles. The minimum Gasteiger partial charge on any atom is -0.478 e. The molecule has 0 spiro atoms. The van der Waals surface area contributed by atoms with Gasteiger partial charge in [-0.25, -0.2) is 14.6 Å². The minimum absolute atomic E-state index is 0.0163. The number of carboxylic acid groups (broad SMARTS) is 1. The van der Waals surface area contributed by atoms with Crippen molar-refractivity contribution in [2.45, 2.75) is 0 Å². The molecule has 0 unspecified atom stereocenters. The highest BCUT2D eigenvalue weighted by molar-refractivity contribution is 6.40. The number of benzene rings is 3. The monoisotopic (exact) mass is 412 g/mol. The fraction of sp³-hybridized carbons (Fsp3) is 0. The van der Waals surface area contributed by atoms with Crippen molar-refractivity contribution in [1.82, 2.24) is 0 Å².